The summed E-state index contributed by atoms with van der Waals surface area (Å²) >= 11 is 3.44. The number of fused-ring (bicyclic) bond motifs is 1. The molecular weight excluding hydrogens is 384 g/mol. The fourth-order valence-electron chi connectivity index (χ4n) is 3.17. The minimum atomic E-state index is 0.341. The maximum atomic E-state index is 6.05. The highest BCUT2D eigenvalue weighted by Gasteiger charge is 2.16. The van der Waals surface area contributed by atoms with Gasteiger partial charge in [-0.25, -0.2) is 14.6 Å². The standard InChI is InChI=1S/C18H19BrN4O2/c1-23-17-15(16(19)22-23)18(21-11-20-17)25-14-9-7-13(8-10-14)24-12-5-3-2-4-6-12/h7-12H,2-6H2,1H3. The second-order valence-corrected chi connectivity index (χ2v) is 6.99. The molecule has 25 heavy (non-hydrogen) atoms. The topological polar surface area (TPSA) is 62.1 Å². The predicted molar refractivity (Wildman–Crippen MR) is 98.0 cm³/mol. The third-order valence-corrected chi connectivity index (χ3v) is 4.99. The molecule has 1 aromatic carbocycles. The van der Waals surface area contributed by atoms with Crippen LogP contribution in [0.5, 0.6) is 17.4 Å². The summed E-state index contributed by atoms with van der Waals surface area (Å²) in [5.41, 5.74) is 0.717. The molecule has 2 aromatic heterocycles. The molecule has 6 nitrogen and oxygen atoms in total. The van der Waals surface area contributed by atoms with E-state index in [4.69, 9.17) is 9.47 Å². The van der Waals surface area contributed by atoms with Gasteiger partial charge in [-0.1, -0.05) is 6.42 Å². The van der Waals surface area contributed by atoms with E-state index in [-0.39, 0.29) is 0 Å². The van der Waals surface area contributed by atoms with Crippen LogP contribution in [0.2, 0.25) is 0 Å². The molecule has 1 aliphatic carbocycles. The SMILES string of the molecule is Cn1nc(Br)c2c(Oc3ccc(OC4CCCCC4)cc3)ncnc21. The molecule has 3 aromatic rings. The van der Waals surface area contributed by atoms with Crippen molar-refractivity contribution in [2.45, 2.75) is 38.2 Å². The number of rotatable bonds is 4. The lowest BCUT2D eigenvalue weighted by Crippen LogP contribution is -2.19. The van der Waals surface area contributed by atoms with Gasteiger partial charge in [0.25, 0.3) is 0 Å². The molecule has 1 fully saturated rings. The van der Waals surface area contributed by atoms with Crippen LogP contribution in [0.15, 0.2) is 35.2 Å². The molecule has 0 atom stereocenters. The van der Waals surface area contributed by atoms with Gasteiger partial charge in [-0.05, 0) is 65.9 Å². The van der Waals surface area contributed by atoms with Gasteiger partial charge in [-0.15, -0.1) is 0 Å². The normalized spacial score (nSPS) is 15.4. The van der Waals surface area contributed by atoms with Gasteiger partial charge < -0.3 is 9.47 Å². The summed E-state index contributed by atoms with van der Waals surface area (Å²) < 4.78 is 14.3. The minimum Gasteiger partial charge on any atom is -0.490 e. The molecule has 2 heterocycles. The quantitative estimate of drug-likeness (QED) is 0.636. The number of halogens is 1. The van der Waals surface area contributed by atoms with Crippen LogP contribution in [-0.2, 0) is 7.05 Å². The van der Waals surface area contributed by atoms with Gasteiger partial charge >= 0.3 is 0 Å². The van der Waals surface area contributed by atoms with Crippen LogP contribution in [0.25, 0.3) is 11.0 Å². The Hall–Kier alpha value is -2.15. The monoisotopic (exact) mass is 402 g/mol. The van der Waals surface area contributed by atoms with Crippen molar-refractivity contribution in [2.75, 3.05) is 0 Å². The van der Waals surface area contributed by atoms with Crippen molar-refractivity contribution in [3.63, 3.8) is 0 Å². The number of benzene rings is 1. The molecule has 4 rings (SSSR count). The molecule has 1 saturated carbocycles. The lowest BCUT2D eigenvalue weighted by atomic mass is 9.98. The van der Waals surface area contributed by atoms with E-state index in [1.54, 1.807) is 4.68 Å². The van der Waals surface area contributed by atoms with Crippen molar-refractivity contribution in [2.24, 2.45) is 7.05 Å². The van der Waals surface area contributed by atoms with Crippen molar-refractivity contribution in [1.29, 1.82) is 0 Å². The smallest absolute Gasteiger partial charge is 0.234 e. The van der Waals surface area contributed by atoms with Crippen molar-refractivity contribution in [3.8, 4) is 17.4 Å². The lowest BCUT2D eigenvalue weighted by Gasteiger charge is -2.23. The van der Waals surface area contributed by atoms with E-state index in [1.165, 1.54) is 25.6 Å². The van der Waals surface area contributed by atoms with Gasteiger partial charge in [0.2, 0.25) is 5.88 Å². The fourth-order valence-corrected chi connectivity index (χ4v) is 3.75. The third-order valence-electron chi connectivity index (χ3n) is 4.44. The molecular formula is C18H19BrN4O2. The Balaban J connectivity index is 1.51. The largest absolute Gasteiger partial charge is 0.490 e. The Morgan fingerprint density at radius 1 is 1.04 bits per heavy atom. The average molecular weight is 403 g/mol. The summed E-state index contributed by atoms with van der Waals surface area (Å²) in [4.78, 5) is 8.49. The third kappa shape index (κ3) is 3.46. The second-order valence-electron chi connectivity index (χ2n) is 6.24. The van der Waals surface area contributed by atoms with Crippen LogP contribution in [0.1, 0.15) is 32.1 Å². The first-order valence-corrected chi connectivity index (χ1v) is 9.28. The Labute approximate surface area is 154 Å². The summed E-state index contributed by atoms with van der Waals surface area (Å²) in [6.07, 6.45) is 7.95. The number of aromatic nitrogens is 4. The molecule has 0 radical (unpaired) electrons. The number of hydrogen-bond donors (Lipinski definition) is 0. The van der Waals surface area contributed by atoms with E-state index in [2.05, 4.69) is 31.0 Å². The first-order valence-electron chi connectivity index (χ1n) is 8.48. The summed E-state index contributed by atoms with van der Waals surface area (Å²) in [5, 5.41) is 5.06. The van der Waals surface area contributed by atoms with Gasteiger partial charge in [0.15, 0.2) is 5.65 Å². The lowest BCUT2D eigenvalue weighted by molar-refractivity contribution is 0.155. The minimum absolute atomic E-state index is 0.341. The zero-order valence-corrected chi connectivity index (χ0v) is 15.6. The fraction of sp³-hybridized carbons (Fsp3) is 0.389. The molecule has 7 heteroatoms. The van der Waals surface area contributed by atoms with Gasteiger partial charge in [0.05, 0.1) is 6.10 Å². The average Bonchev–Trinajstić information content (AvgIpc) is 2.93. The molecule has 130 valence electrons. The predicted octanol–water partition coefficient (Wildman–Crippen LogP) is 4.63. The van der Waals surface area contributed by atoms with Crippen molar-refractivity contribution >= 4 is 27.0 Å². The maximum absolute atomic E-state index is 6.05. The molecule has 0 spiro atoms. The van der Waals surface area contributed by atoms with Crippen LogP contribution in [0.4, 0.5) is 0 Å². The number of ether oxygens (including phenoxy) is 2. The van der Waals surface area contributed by atoms with Crippen LogP contribution in [0, 0.1) is 0 Å². The molecule has 0 unspecified atom stereocenters. The molecule has 0 bridgehead atoms. The van der Waals surface area contributed by atoms with Crippen LogP contribution in [-0.4, -0.2) is 25.9 Å². The first kappa shape index (κ1) is 16.3. The molecule has 0 amide bonds. The summed E-state index contributed by atoms with van der Waals surface area (Å²) in [5.74, 6) is 2.06. The van der Waals surface area contributed by atoms with Gasteiger partial charge in [-0.2, -0.15) is 5.10 Å². The van der Waals surface area contributed by atoms with Gasteiger partial charge in [0.1, 0.15) is 27.8 Å². The molecule has 0 saturated heterocycles. The summed E-state index contributed by atoms with van der Waals surface area (Å²) in [6.45, 7) is 0. The van der Waals surface area contributed by atoms with E-state index in [0.717, 1.165) is 24.0 Å². The molecule has 0 N–H and O–H groups in total. The highest BCUT2D eigenvalue weighted by Crippen LogP contribution is 2.32. The molecule has 1 aliphatic rings. The zero-order valence-electron chi connectivity index (χ0n) is 14.0. The Morgan fingerprint density at radius 3 is 2.52 bits per heavy atom. The van der Waals surface area contributed by atoms with E-state index in [9.17, 15) is 0 Å². The Bertz CT molecular complexity index is 873. The van der Waals surface area contributed by atoms with E-state index in [1.807, 2.05) is 31.3 Å². The number of hydrogen-bond acceptors (Lipinski definition) is 5. The second kappa shape index (κ2) is 7.00. The van der Waals surface area contributed by atoms with E-state index >= 15 is 0 Å². The summed E-state index contributed by atoms with van der Waals surface area (Å²) in [6, 6.07) is 7.69. The Kier molecular flexibility index (Phi) is 4.57. The van der Waals surface area contributed by atoms with Crippen molar-refractivity contribution in [3.05, 3.63) is 35.2 Å². The first-order chi connectivity index (χ1) is 12.2. The summed E-state index contributed by atoms with van der Waals surface area (Å²) in [7, 11) is 1.83. The maximum Gasteiger partial charge on any atom is 0.234 e. The van der Waals surface area contributed by atoms with Gasteiger partial charge in [-0.3, -0.25) is 0 Å². The highest BCUT2D eigenvalue weighted by molar-refractivity contribution is 9.10. The van der Waals surface area contributed by atoms with E-state index < -0.39 is 0 Å². The van der Waals surface area contributed by atoms with Gasteiger partial charge in [0, 0.05) is 7.05 Å². The van der Waals surface area contributed by atoms with Crippen molar-refractivity contribution < 1.29 is 9.47 Å². The number of nitrogens with zero attached hydrogens (tertiary/aromatic N) is 4. The van der Waals surface area contributed by atoms with Crippen molar-refractivity contribution in [1.82, 2.24) is 19.7 Å². The zero-order chi connectivity index (χ0) is 17.2. The molecule has 0 aliphatic heterocycles. The van der Waals surface area contributed by atoms with Crippen LogP contribution in [0.3, 0.4) is 0 Å². The van der Waals surface area contributed by atoms with Crippen LogP contribution < -0.4 is 9.47 Å². The van der Waals surface area contributed by atoms with E-state index in [0.29, 0.717) is 28.0 Å². The van der Waals surface area contributed by atoms with Crippen LogP contribution >= 0.6 is 15.9 Å². The highest BCUT2D eigenvalue weighted by atomic mass is 79.9. The Morgan fingerprint density at radius 2 is 1.76 bits per heavy atom. The number of aryl methyl sites for hydroxylation is 1.